The van der Waals surface area contributed by atoms with Crippen molar-refractivity contribution >= 4 is 39.3 Å². The Kier molecular flexibility index (Phi) is 5.81. The second-order valence-corrected chi connectivity index (χ2v) is 8.31. The number of nitrogens with one attached hydrogen (secondary N) is 2. The number of amides is 2. The lowest BCUT2D eigenvalue weighted by Crippen LogP contribution is -2.18. The molecule has 31 heavy (non-hydrogen) atoms. The minimum atomic E-state index is -0.193. The molecule has 0 spiro atoms. The van der Waals surface area contributed by atoms with Gasteiger partial charge in [0.2, 0.25) is 11.8 Å². The number of rotatable bonds is 6. The summed E-state index contributed by atoms with van der Waals surface area (Å²) in [5.74, 6) is -0.255. The predicted octanol–water partition coefficient (Wildman–Crippen LogP) is 4.39. The zero-order valence-corrected chi connectivity index (χ0v) is 18.3. The van der Waals surface area contributed by atoms with Gasteiger partial charge < -0.3 is 15.2 Å². The standard InChI is InChI=1S/C23H22N4O3S/c1-13-8-14(2)22-18(27-30-20(22)9-13)10-21(29)26-23-25-19(12-31-23)17-6-4-16(5-7-17)11-24-15(3)28/h4-9,12H,10-11H2,1-3H3,(H,24,28)(H,25,26,29). The first-order valence-corrected chi connectivity index (χ1v) is 10.7. The number of hydrogen-bond acceptors (Lipinski definition) is 6. The Bertz CT molecular complexity index is 1260. The van der Waals surface area contributed by atoms with Crippen molar-refractivity contribution in [1.82, 2.24) is 15.5 Å². The van der Waals surface area contributed by atoms with Crippen LogP contribution in [0.5, 0.6) is 0 Å². The number of aromatic nitrogens is 2. The first-order chi connectivity index (χ1) is 14.9. The molecule has 8 heteroatoms. The summed E-state index contributed by atoms with van der Waals surface area (Å²) in [6, 6.07) is 11.8. The SMILES string of the molecule is CC(=O)NCc1ccc(-c2csc(NC(=O)Cc3noc4cc(C)cc(C)c34)n2)cc1. The first-order valence-electron chi connectivity index (χ1n) is 9.83. The molecule has 0 aliphatic rings. The van der Waals surface area contributed by atoms with Gasteiger partial charge in [0.1, 0.15) is 5.69 Å². The molecule has 2 N–H and O–H groups in total. The van der Waals surface area contributed by atoms with Gasteiger partial charge in [0.25, 0.3) is 0 Å². The van der Waals surface area contributed by atoms with Gasteiger partial charge in [-0.2, -0.15) is 0 Å². The van der Waals surface area contributed by atoms with Crippen molar-refractivity contribution < 1.29 is 14.1 Å². The van der Waals surface area contributed by atoms with E-state index < -0.39 is 0 Å². The maximum Gasteiger partial charge on any atom is 0.232 e. The summed E-state index contributed by atoms with van der Waals surface area (Å²) in [4.78, 5) is 28.1. The second-order valence-electron chi connectivity index (χ2n) is 7.45. The van der Waals surface area contributed by atoms with Crippen LogP contribution in [0.1, 0.15) is 29.3 Å². The Morgan fingerprint density at radius 2 is 1.90 bits per heavy atom. The van der Waals surface area contributed by atoms with Gasteiger partial charge in [0.05, 0.1) is 12.1 Å². The normalized spacial score (nSPS) is 10.9. The van der Waals surface area contributed by atoms with E-state index in [-0.39, 0.29) is 18.2 Å². The van der Waals surface area contributed by atoms with Crippen LogP contribution in [0, 0.1) is 13.8 Å². The molecule has 0 aliphatic heterocycles. The van der Waals surface area contributed by atoms with Crippen LogP contribution in [0.4, 0.5) is 5.13 Å². The second kappa shape index (κ2) is 8.69. The quantitative estimate of drug-likeness (QED) is 0.469. The number of hydrogen-bond donors (Lipinski definition) is 2. The topological polar surface area (TPSA) is 97.1 Å². The fourth-order valence-corrected chi connectivity index (χ4v) is 4.18. The van der Waals surface area contributed by atoms with Crippen LogP contribution in [0.3, 0.4) is 0 Å². The molecule has 0 saturated heterocycles. The molecular weight excluding hydrogens is 412 g/mol. The zero-order chi connectivity index (χ0) is 22.0. The molecule has 2 amide bonds. The van der Waals surface area contributed by atoms with Crippen molar-refractivity contribution in [3.63, 3.8) is 0 Å². The van der Waals surface area contributed by atoms with Crippen LogP contribution in [0.25, 0.3) is 22.2 Å². The number of thiazole rings is 1. The smallest absolute Gasteiger partial charge is 0.232 e. The number of aryl methyl sites for hydroxylation is 2. The maximum absolute atomic E-state index is 12.6. The van der Waals surface area contributed by atoms with Gasteiger partial charge in [-0.25, -0.2) is 4.98 Å². The first kappa shape index (κ1) is 20.7. The number of carbonyl (C=O) groups is 2. The molecule has 7 nitrogen and oxygen atoms in total. The molecule has 2 heterocycles. The van der Waals surface area contributed by atoms with E-state index in [9.17, 15) is 9.59 Å². The van der Waals surface area contributed by atoms with E-state index in [0.717, 1.165) is 33.3 Å². The number of anilines is 1. The summed E-state index contributed by atoms with van der Waals surface area (Å²) in [6.07, 6.45) is 0.115. The lowest BCUT2D eigenvalue weighted by molar-refractivity contribution is -0.119. The minimum Gasteiger partial charge on any atom is -0.356 e. The molecule has 4 rings (SSSR count). The van der Waals surface area contributed by atoms with Crippen LogP contribution in [0.2, 0.25) is 0 Å². The summed E-state index contributed by atoms with van der Waals surface area (Å²) in [5, 5.41) is 13.0. The highest BCUT2D eigenvalue weighted by Crippen LogP contribution is 2.27. The molecule has 0 atom stereocenters. The molecule has 0 saturated carbocycles. The third kappa shape index (κ3) is 4.80. The van der Waals surface area contributed by atoms with E-state index in [2.05, 4.69) is 26.8 Å². The van der Waals surface area contributed by atoms with Crippen molar-refractivity contribution in [3.8, 4) is 11.3 Å². The van der Waals surface area contributed by atoms with Gasteiger partial charge in [-0.05, 0) is 36.6 Å². The van der Waals surface area contributed by atoms with E-state index in [1.165, 1.54) is 18.3 Å². The van der Waals surface area contributed by atoms with E-state index in [4.69, 9.17) is 4.52 Å². The number of fused-ring (bicyclic) bond motifs is 1. The highest BCUT2D eigenvalue weighted by atomic mass is 32.1. The summed E-state index contributed by atoms with van der Waals surface area (Å²) in [6.45, 7) is 5.97. The Morgan fingerprint density at radius 1 is 1.13 bits per heavy atom. The predicted molar refractivity (Wildman–Crippen MR) is 121 cm³/mol. The molecule has 158 valence electrons. The van der Waals surface area contributed by atoms with Crippen molar-refractivity contribution in [2.75, 3.05) is 5.32 Å². The van der Waals surface area contributed by atoms with Crippen molar-refractivity contribution in [2.24, 2.45) is 0 Å². The van der Waals surface area contributed by atoms with E-state index >= 15 is 0 Å². The Hall–Kier alpha value is -3.52. The van der Waals surface area contributed by atoms with E-state index in [1.54, 1.807) is 0 Å². The average Bonchev–Trinajstić information content (AvgIpc) is 3.34. The Morgan fingerprint density at radius 3 is 2.65 bits per heavy atom. The number of carbonyl (C=O) groups excluding carboxylic acids is 2. The van der Waals surface area contributed by atoms with E-state index in [0.29, 0.717) is 23.0 Å². The molecule has 0 aliphatic carbocycles. The van der Waals surface area contributed by atoms with Crippen LogP contribution < -0.4 is 10.6 Å². The molecule has 0 fully saturated rings. The van der Waals surface area contributed by atoms with Gasteiger partial charge >= 0.3 is 0 Å². The summed E-state index contributed by atoms with van der Waals surface area (Å²) < 4.78 is 5.40. The molecule has 0 radical (unpaired) electrons. The lowest BCUT2D eigenvalue weighted by Gasteiger charge is -2.03. The molecule has 0 bridgehead atoms. The Labute approximate surface area is 183 Å². The molecule has 0 unspecified atom stereocenters. The zero-order valence-electron chi connectivity index (χ0n) is 17.5. The molecule has 2 aromatic heterocycles. The number of benzene rings is 2. The van der Waals surface area contributed by atoms with Gasteiger partial charge in [-0.15, -0.1) is 11.3 Å². The minimum absolute atomic E-state index is 0.0622. The van der Waals surface area contributed by atoms with Crippen molar-refractivity contribution in [2.45, 2.75) is 33.7 Å². The Balaban J connectivity index is 1.42. The van der Waals surface area contributed by atoms with Crippen molar-refractivity contribution in [1.29, 1.82) is 0 Å². The maximum atomic E-state index is 12.6. The van der Waals surface area contributed by atoms with Crippen LogP contribution >= 0.6 is 11.3 Å². The molecular formula is C23H22N4O3S. The number of nitrogens with zero attached hydrogens (tertiary/aromatic N) is 2. The summed E-state index contributed by atoms with van der Waals surface area (Å²) in [5.41, 5.74) is 6.18. The molecule has 4 aromatic rings. The molecule has 2 aromatic carbocycles. The highest BCUT2D eigenvalue weighted by molar-refractivity contribution is 7.14. The average molecular weight is 435 g/mol. The lowest BCUT2D eigenvalue weighted by atomic mass is 10.0. The van der Waals surface area contributed by atoms with E-state index in [1.807, 2.05) is 49.6 Å². The van der Waals surface area contributed by atoms with Crippen LogP contribution in [0.15, 0.2) is 46.3 Å². The largest absolute Gasteiger partial charge is 0.356 e. The third-order valence-electron chi connectivity index (χ3n) is 4.86. The fraction of sp³-hybridized carbons (Fsp3) is 0.217. The van der Waals surface area contributed by atoms with Crippen LogP contribution in [-0.2, 0) is 22.6 Å². The third-order valence-corrected chi connectivity index (χ3v) is 5.61. The highest BCUT2D eigenvalue weighted by Gasteiger charge is 2.16. The fourth-order valence-electron chi connectivity index (χ4n) is 3.44. The summed E-state index contributed by atoms with van der Waals surface area (Å²) in [7, 11) is 0. The van der Waals surface area contributed by atoms with Crippen molar-refractivity contribution in [3.05, 3.63) is 64.2 Å². The van der Waals surface area contributed by atoms with Gasteiger partial charge in [-0.3, -0.25) is 9.59 Å². The van der Waals surface area contributed by atoms with Gasteiger partial charge in [0.15, 0.2) is 10.7 Å². The van der Waals surface area contributed by atoms with Gasteiger partial charge in [0, 0.05) is 29.8 Å². The van der Waals surface area contributed by atoms with Crippen LogP contribution in [-0.4, -0.2) is 22.0 Å². The monoisotopic (exact) mass is 434 g/mol. The summed E-state index contributed by atoms with van der Waals surface area (Å²) >= 11 is 1.37. The van der Waals surface area contributed by atoms with Gasteiger partial charge in [-0.1, -0.05) is 35.5 Å².